The van der Waals surface area contributed by atoms with Gasteiger partial charge in [-0.1, -0.05) is 30.3 Å². The smallest absolute Gasteiger partial charge is 0.411 e. The molecule has 3 rings (SSSR count). The number of ether oxygens (including phenoxy) is 3. The van der Waals surface area contributed by atoms with Gasteiger partial charge in [0, 0.05) is 17.8 Å². The summed E-state index contributed by atoms with van der Waals surface area (Å²) in [5.41, 5.74) is 8.07. The number of nitrogens with one attached hydrogen (secondary N) is 1. The zero-order chi connectivity index (χ0) is 19.9. The molecular formula is C20H22N4O4. The van der Waals surface area contributed by atoms with E-state index >= 15 is 0 Å². The molecule has 146 valence electrons. The first-order chi connectivity index (χ1) is 13.6. The Kier molecular flexibility index (Phi) is 6.01. The average Bonchev–Trinajstić information content (AvgIpc) is 3.08. The second-order valence-electron chi connectivity index (χ2n) is 5.83. The molecule has 2 aromatic carbocycles. The molecule has 8 nitrogen and oxygen atoms in total. The summed E-state index contributed by atoms with van der Waals surface area (Å²) in [7, 11) is 1.52. The average molecular weight is 382 g/mol. The second kappa shape index (κ2) is 8.81. The standard InChI is InChI=1S/C20H22N4O4/c1-3-27-17-11-15(22-20(25)28-13-14-7-5-4-6-8-14)9-10-16(17)24-18(21)12-19(23-24)26-2/h4-12H,3,13,21H2,1-2H3,(H,22,25). The Labute approximate surface area is 162 Å². The molecule has 0 aliphatic heterocycles. The minimum absolute atomic E-state index is 0.187. The van der Waals surface area contributed by atoms with Crippen LogP contribution in [0.1, 0.15) is 12.5 Å². The Morgan fingerprint density at radius 3 is 2.64 bits per heavy atom. The predicted molar refractivity (Wildman–Crippen MR) is 106 cm³/mol. The Balaban J connectivity index is 1.74. The van der Waals surface area contributed by atoms with Crippen molar-refractivity contribution in [2.45, 2.75) is 13.5 Å². The van der Waals surface area contributed by atoms with Crippen LogP contribution < -0.4 is 20.5 Å². The Morgan fingerprint density at radius 1 is 1.18 bits per heavy atom. The topological polar surface area (TPSA) is 101 Å². The highest BCUT2D eigenvalue weighted by Crippen LogP contribution is 2.30. The first-order valence-electron chi connectivity index (χ1n) is 8.75. The van der Waals surface area contributed by atoms with E-state index in [1.54, 1.807) is 24.3 Å². The molecule has 0 radical (unpaired) electrons. The molecule has 0 bridgehead atoms. The number of carbonyl (C=O) groups excluding carboxylic acids is 1. The molecule has 0 saturated heterocycles. The molecule has 8 heteroatoms. The van der Waals surface area contributed by atoms with Crippen LogP contribution in [0.5, 0.6) is 11.6 Å². The van der Waals surface area contributed by atoms with E-state index in [4.69, 9.17) is 19.9 Å². The van der Waals surface area contributed by atoms with E-state index in [1.165, 1.54) is 11.8 Å². The van der Waals surface area contributed by atoms with Gasteiger partial charge in [0.15, 0.2) is 0 Å². The number of methoxy groups -OCH3 is 1. The maximum Gasteiger partial charge on any atom is 0.411 e. The summed E-state index contributed by atoms with van der Waals surface area (Å²) in [5, 5.41) is 6.97. The van der Waals surface area contributed by atoms with Crippen LogP contribution in [0.2, 0.25) is 0 Å². The van der Waals surface area contributed by atoms with Gasteiger partial charge in [0.1, 0.15) is 23.9 Å². The largest absolute Gasteiger partial charge is 0.492 e. The Hall–Kier alpha value is -3.68. The second-order valence-corrected chi connectivity index (χ2v) is 5.83. The van der Waals surface area contributed by atoms with Gasteiger partial charge < -0.3 is 19.9 Å². The van der Waals surface area contributed by atoms with E-state index in [9.17, 15) is 4.79 Å². The number of rotatable bonds is 7. The number of nitrogens with two attached hydrogens (primary N) is 1. The molecule has 0 atom stereocenters. The lowest BCUT2D eigenvalue weighted by molar-refractivity contribution is 0.155. The molecule has 1 amide bonds. The van der Waals surface area contributed by atoms with E-state index < -0.39 is 6.09 Å². The number of nitrogen functional groups attached to an aromatic ring is 1. The predicted octanol–water partition coefficient (Wildman–Crippen LogP) is 3.61. The minimum Gasteiger partial charge on any atom is -0.492 e. The van der Waals surface area contributed by atoms with E-state index in [1.807, 2.05) is 37.3 Å². The van der Waals surface area contributed by atoms with Crippen LogP contribution >= 0.6 is 0 Å². The summed E-state index contributed by atoms with van der Waals surface area (Å²) >= 11 is 0. The zero-order valence-corrected chi connectivity index (χ0v) is 15.7. The van der Waals surface area contributed by atoms with E-state index in [0.29, 0.717) is 35.4 Å². The zero-order valence-electron chi connectivity index (χ0n) is 15.7. The van der Waals surface area contributed by atoms with Crippen LogP contribution in [0.15, 0.2) is 54.6 Å². The molecule has 0 fully saturated rings. The van der Waals surface area contributed by atoms with E-state index in [2.05, 4.69) is 10.4 Å². The Morgan fingerprint density at radius 2 is 1.96 bits per heavy atom. The molecule has 0 unspecified atom stereocenters. The van der Waals surface area contributed by atoms with Crippen molar-refractivity contribution in [2.24, 2.45) is 0 Å². The molecule has 3 aromatic rings. The van der Waals surface area contributed by atoms with Gasteiger partial charge in [0.25, 0.3) is 0 Å². The molecule has 0 saturated carbocycles. The number of benzene rings is 2. The highest BCUT2D eigenvalue weighted by Gasteiger charge is 2.14. The summed E-state index contributed by atoms with van der Waals surface area (Å²) in [6.07, 6.45) is -0.556. The third kappa shape index (κ3) is 4.53. The summed E-state index contributed by atoms with van der Waals surface area (Å²) < 4.78 is 17.6. The van der Waals surface area contributed by atoms with Crippen molar-refractivity contribution in [3.8, 4) is 17.3 Å². The SMILES string of the molecule is CCOc1cc(NC(=O)OCc2ccccc2)ccc1-n1nc(OC)cc1N. The third-order valence-corrected chi connectivity index (χ3v) is 3.87. The normalized spacial score (nSPS) is 10.4. The quantitative estimate of drug-likeness (QED) is 0.647. The first kappa shape index (κ1) is 19.1. The highest BCUT2D eigenvalue weighted by molar-refractivity contribution is 5.85. The van der Waals surface area contributed by atoms with Gasteiger partial charge in [-0.3, -0.25) is 5.32 Å². The maximum absolute atomic E-state index is 12.1. The van der Waals surface area contributed by atoms with Crippen molar-refractivity contribution < 1.29 is 19.0 Å². The lowest BCUT2D eigenvalue weighted by atomic mass is 10.2. The van der Waals surface area contributed by atoms with Gasteiger partial charge in [-0.15, -0.1) is 5.10 Å². The number of hydrogen-bond acceptors (Lipinski definition) is 6. The lowest BCUT2D eigenvalue weighted by Crippen LogP contribution is -2.14. The fourth-order valence-corrected chi connectivity index (χ4v) is 2.58. The number of amides is 1. The van der Waals surface area contributed by atoms with Crippen LogP contribution in [0, 0.1) is 0 Å². The lowest BCUT2D eigenvalue weighted by Gasteiger charge is -2.14. The number of carbonyl (C=O) groups is 1. The third-order valence-electron chi connectivity index (χ3n) is 3.87. The number of anilines is 2. The van der Waals surface area contributed by atoms with E-state index in [-0.39, 0.29) is 6.61 Å². The Bertz CT molecular complexity index is 941. The van der Waals surface area contributed by atoms with Gasteiger partial charge in [0.2, 0.25) is 5.88 Å². The monoisotopic (exact) mass is 382 g/mol. The van der Waals surface area contributed by atoms with Crippen molar-refractivity contribution in [3.63, 3.8) is 0 Å². The number of nitrogens with zero attached hydrogens (tertiary/aromatic N) is 2. The van der Waals surface area contributed by atoms with Crippen LogP contribution in [-0.2, 0) is 11.3 Å². The first-order valence-corrected chi connectivity index (χ1v) is 8.75. The van der Waals surface area contributed by atoms with E-state index in [0.717, 1.165) is 5.56 Å². The molecule has 3 N–H and O–H groups in total. The molecular weight excluding hydrogens is 360 g/mol. The molecule has 0 aliphatic rings. The van der Waals surface area contributed by atoms with Crippen molar-refractivity contribution in [3.05, 3.63) is 60.2 Å². The summed E-state index contributed by atoms with van der Waals surface area (Å²) in [5.74, 6) is 1.31. The summed E-state index contributed by atoms with van der Waals surface area (Å²) in [4.78, 5) is 12.1. The summed E-state index contributed by atoms with van der Waals surface area (Å²) in [6, 6.07) is 16.2. The van der Waals surface area contributed by atoms with Crippen LogP contribution in [0.25, 0.3) is 5.69 Å². The van der Waals surface area contributed by atoms with Crippen molar-refractivity contribution in [2.75, 3.05) is 24.8 Å². The summed E-state index contributed by atoms with van der Waals surface area (Å²) in [6.45, 7) is 2.49. The number of hydrogen-bond donors (Lipinski definition) is 2. The fraction of sp³-hybridized carbons (Fsp3) is 0.200. The molecule has 0 aliphatic carbocycles. The molecule has 1 aromatic heterocycles. The van der Waals surface area contributed by atoms with Crippen molar-refractivity contribution in [1.29, 1.82) is 0 Å². The highest BCUT2D eigenvalue weighted by atomic mass is 16.5. The van der Waals surface area contributed by atoms with Crippen molar-refractivity contribution in [1.82, 2.24) is 9.78 Å². The van der Waals surface area contributed by atoms with Gasteiger partial charge in [-0.05, 0) is 24.6 Å². The van der Waals surface area contributed by atoms with Crippen molar-refractivity contribution >= 4 is 17.6 Å². The van der Waals surface area contributed by atoms with Gasteiger partial charge in [-0.25, -0.2) is 9.48 Å². The van der Waals surface area contributed by atoms with Crippen LogP contribution in [0.3, 0.4) is 0 Å². The van der Waals surface area contributed by atoms with Gasteiger partial charge in [-0.2, -0.15) is 0 Å². The molecule has 28 heavy (non-hydrogen) atoms. The fourth-order valence-electron chi connectivity index (χ4n) is 2.58. The molecule has 1 heterocycles. The maximum atomic E-state index is 12.1. The van der Waals surface area contributed by atoms with Crippen LogP contribution in [0.4, 0.5) is 16.3 Å². The van der Waals surface area contributed by atoms with Crippen LogP contribution in [-0.4, -0.2) is 29.6 Å². The minimum atomic E-state index is -0.556. The van der Waals surface area contributed by atoms with Gasteiger partial charge >= 0.3 is 6.09 Å². The van der Waals surface area contributed by atoms with Gasteiger partial charge in [0.05, 0.1) is 13.7 Å². The number of aromatic nitrogens is 2. The molecule has 0 spiro atoms.